The third kappa shape index (κ3) is 5.92. The van der Waals surface area contributed by atoms with Crippen LogP contribution in [0.1, 0.15) is 29.8 Å². The minimum Gasteiger partial charge on any atom is -0.452 e. The second kappa shape index (κ2) is 10.4. The first-order chi connectivity index (χ1) is 13.9. The number of anilines is 1. The van der Waals surface area contributed by atoms with E-state index in [0.717, 1.165) is 11.6 Å². The zero-order valence-electron chi connectivity index (χ0n) is 16.2. The number of nitrogens with zero attached hydrogens (tertiary/aromatic N) is 2. The average molecular weight is 420 g/mol. The molecule has 8 nitrogen and oxygen atoms in total. The molecule has 9 heteroatoms. The quantitative estimate of drug-likeness (QED) is 0.376. The second-order valence-electron chi connectivity index (χ2n) is 6.08. The first kappa shape index (κ1) is 22.2. The van der Waals surface area contributed by atoms with Crippen LogP contribution in [0.2, 0.25) is 5.02 Å². The van der Waals surface area contributed by atoms with Crippen LogP contribution in [-0.2, 0) is 16.1 Å². The minimum absolute atomic E-state index is 0.00709. The van der Waals surface area contributed by atoms with Gasteiger partial charge in [0.2, 0.25) is 0 Å². The van der Waals surface area contributed by atoms with Gasteiger partial charge in [-0.3, -0.25) is 14.9 Å². The van der Waals surface area contributed by atoms with Crippen LogP contribution in [0.5, 0.6) is 0 Å². The average Bonchev–Trinajstić information content (AvgIpc) is 2.72. The Morgan fingerprint density at radius 2 is 1.86 bits per heavy atom. The molecular formula is C20H22ClN3O5. The molecule has 0 aliphatic heterocycles. The monoisotopic (exact) mass is 419 g/mol. The van der Waals surface area contributed by atoms with Crippen molar-refractivity contribution < 1.29 is 19.2 Å². The summed E-state index contributed by atoms with van der Waals surface area (Å²) in [4.78, 5) is 36.5. The SMILES string of the molecule is CCN(CC)C(=O)COC(=O)c1ccc(NCc2ccccc2Cl)c([N+](=O)[O-])c1. The van der Waals surface area contributed by atoms with Gasteiger partial charge in [-0.25, -0.2) is 4.79 Å². The molecule has 0 spiro atoms. The van der Waals surface area contributed by atoms with Crippen molar-refractivity contribution in [1.29, 1.82) is 0 Å². The largest absolute Gasteiger partial charge is 0.452 e. The Balaban J connectivity index is 2.10. The Morgan fingerprint density at radius 1 is 1.17 bits per heavy atom. The summed E-state index contributed by atoms with van der Waals surface area (Å²) < 4.78 is 5.00. The number of hydrogen-bond donors (Lipinski definition) is 1. The van der Waals surface area contributed by atoms with Crippen molar-refractivity contribution in [3.63, 3.8) is 0 Å². The number of nitrogens with one attached hydrogen (secondary N) is 1. The number of esters is 1. The fourth-order valence-electron chi connectivity index (χ4n) is 2.67. The highest BCUT2D eigenvalue weighted by Crippen LogP contribution is 2.27. The number of hydrogen-bond acceptors (Lipinski definition) is 6. The Labute approximate surface area is 173 Å². The number of rotatable bonds is 9. The van der Waals surface area contributed by atoms with E-state index in [1.807, 2.05) is 19.9 Å². The van der Waals surface area contributed by atoms with Gasteiger partial charge >= 0.3 is 5.97 Å². The van der Waals surface area contributed by atoms with Crippen LogP contribution in [0.4, 0.5) is 11.4 Å². The maximum atomic E-state index is 12.2. The molecule has 0 aliphatic carbocycles. The van der Waals surface area contributed by atoms with Crippen molar-refractivity contribution in [2.75, 3.05) is 25.0 Å². The van der Waals surface area contributed by atoms with Crippen molar-refractivity contribution in [3.8, 4) is 0 Å². The normalized spacial score (nSPS) is 10.3. The third-order valence-corrected chi connectivity index (χ3v) is 4.67. The highest BCUT2D eigenvalue weighted by atomic mass is 35.5. The van der Waals surface area contributed by atoms with E-state index in [-0.39, 0.29) is 29.4 Å². The molecular weight excluding hydrogens is 398 g/mol. The molecule has 0 aromatic heterocycles. The molecule has 0 bridgehead atoms. The van der Waals surface area contributed by atoms with E-state index in [2.05, 4.69) is 5.32 Å². The maximum absolute atomic E-state index is 12.2. The van der Waals surface area contributed by atoms with Crippen molar-refractivity contribution in [1.82, 2.24) is 4.90 Å². The molecule has 154 valence electrons. The number of halogens is 1. The van der Waals surface area contributed by atoms with E-state index in [1.165, 1.54) is 17.0 Å². The molecule has 0 unspecified atom stereocenters. The van der Waals surface area contributed by atoms with E-state index < -0.39 is 17.5 Å². The maximum Gasteiger partial charge on any atom is 0.338 e. The van der Waals surface area contributed by atoms with Crippen LogP contribution in [0, 0.1) is 10.1 Å². The highest BCUT2D eigenvalue weighted by Gasteiger charge is 2.20. The molecule has 0 radical (unpaired) electrons. The number of nitro groups is 1. The summed E-state index contributed by atoms with van der Waals surface area (Å²) in [5, 5.41) is 14.9. The Bertz CT molecular complexity index is 899. The Hall–Kier alpha value is -3.13. The van der Waals surface area contributed by atoms with Gasteiger partial charge in [0.05, 0.1) is 10.5 Å². The molecule has 1 amide bonds. The molecule has 0 heterocycles. The molecule has 1 N–H and O–H groups in total. The number of ether oxygens (including phenoxy) is 1. The third-order valence-electron chi connectivity index (χ3n) is 4.30. The first-order valence-corrected chi connectivity index (χ1v) is 9.45. The van der Waals surface area contributed by atoms with Crippen LogP contribution < -0.4 is 5.32 Å². The van der Waals surface area contributed by atoms with Crippen molar-refractivity contribution >= 4 is 34.9 Å². The second-order valence-corrected chi connectivity index (χ2v) is 6.48. The van der Waals surface area contributed by atoms with Gasteiger partial charge < -0.3 is 15.0 Å². The van der Waals surface area contributed by atoms with Gasteiger partial charge in [-0.2, -0.15) is 0 Å². The highest BCUT2D eigenvalue weighted by molar-refractivity contribution is 6.31. The molecule has 29 heavy (non-hydrogen) atoms. The summed E-state index contributed by atoms with van der Waals surface area (Å²) in [6.07, 6.45) is 0. The molecule has 2 aromatic rings. The van der Waals surface area contributed by atoms with E-state index in [1.54, 1.807) is 18.2 Å². The topological polar surface area (TPSA) is 102 Å². The number of benzene rings is 2. The van der Waals surface area contributed by atoms with Gasteiger partial charge in [-0.05, 0) is 37.6 Å². The van der Waals surface area contributed by atoms with E-state index in [9.17, 15) is 19.7 Å². The number of amides is 1. The van der Waals surface area contributed by atoms with E-state index >= 15 is 0 Å². The summed E-state index contributed by atoms with van der Waals surface area (Å²) in [7, 11) is 0. The van der Waals surface area contributed by atoms with Crippen molar-refractivity contribution in [2.45, 2.75) is 20.4 Å². The van der Waals surface area contributed by atoms with Gasteiger partial charge in [-0.15, -0.1) is 0 Å². The summed E-state index contributed by atoms with van der Waals surface area (Å²) in [6.45, 7) is 4.51. The van der Waals surface area contributed by atoms with Gasteiger partial charge in [0, 0.05) is 30.7 Å². The van der Waals surface area contributed by atoms with Crippen molar-refractivity contribution in [2.24, 2.45) is 0 Å². The van der Waals surface area contributed by atoms with Crippen molar-refractivity contribution in [3.05, 3.63) is 68.7 Å². The van der Waals surface area contributed by atoms with E-state index in [4.69, 9.17) is 16.3 Å². The predicted octanol–water partition coefficient (Wildman–Crippen LogP) is 3.89. The summed E-state index contributed by atoms with van der Waals surface area (Å²) in [6, 6.07) is 11.1. The Kier molecular flexibility index (Phi) is 7.97. The number of carbonyl (C=O) groups is 2. The minimum atomic E-state index is -0.800. The lowest BCUT2D eigenvalue weighted by molar-refractivity contribution is -0.384. The lowest BCUT2D eigenvalue weighted by Gasteiger charge is -2.18. The molecule has 2 rings (SSSR count). The van der Waals surface area contributed by atoms with E-state index in [0.29, 0.717) is 18.1 Å². The zero-order chi connectivity index (χ0) is 21.4. The molecule has 2 aromatic carbocycles. The van der Waals surface area contributed by atoms with Crippen LogP contribution in [0.3, 0.4) is 0 Å². The molecule has 0 fully saturated rings. The van der Waals surface area contributed by atoms with Crippen LogP contribution >= 0.6 is 11.6 Å². The molecule has 0 saturated heterocycles. The zero-order valence-corrected chi connectivity index (χ0v) is 16.9. The van der Waals surface area contributed by atoms with Gasteiger partial charge in [0.25, 0.3) is 11.6 Å². The lowest BCUT2D eigenvalue weighted by Crippen LogP contribution is -2.34. The molecule has 0 saturated carbocycles. The summed E-state index contributed by atoms with van der Waals surface area (Å²) in [5.41, 5.74) is 0.737. The molecule has 0 atom stereocenters. The smallest absolute Gasteiger partial charge is 0.338 e. The number of nitro benzene ring substituents is 1. The fourth-order valence-corrected chi connectivity index (χ4v) is 2.87. The number of carbonyl (C=O) groups excluding carboxylic acids is 2. The fraction of sp³-hybridized carbons (Fsp3) is 0.300. The molecule has 0 aliphatic rings. The summed E-state index contributed by atoms with van der Waals surface area (Å²) >= 11 is 6.10. The van der Waals surface area contributed by atoms with Crippen LogP contribution in [0.25, 0.3) is 0 Å². The lowest BCUT2D eigenvalue weighted by atomic mass is 10.1. The Morgan fingerprint density at radius 3 is 2.48 bits per heavy atom. The van der Waals surface area contributed by atoms with Gasteiger partial charge in [0.1, 0.15) is 5.69 Å². The first-order valence-electron chi connectivity index (χ1n) is 9.08. The number of likely N-dealkylation sites (N-methyl/N-ethyl adjacent to an activating group) is 1. The van der Waals surface area contributed by atoms with Gasteiger partial charge in [0.15, 0.2) is 6.61 Å². The predicted molar refractivity (Wildman–Crippen MR) is 110 cm³/mol. The summed E-state index contributed by atoms with van der Waals surface area (Å²) in [5.74, 6) is -1.12. The van der Waals surface area contributed by atoms with Crippen LogP contribution in [0.15, 0.2) is 42.5 Å². The standard InChI is InChI=1S/C20H22ClN3O5/c1-3-23(4-2)19(25)13-29-20(26)14-9-10-17(18(11-14)24(27)28)22-12-15-7-5-6-8-16(15)21/h5-11,22H,3-4,12-13H2,1-2H3. The van der Waals surface area contributed by atoms with Crippen LogP contribution in [-0.4, -0.2) is 41.4 Å². The van der Waals surface area contributed by atoms with Gasteiger partial charge in [-0.1, -0.05) is 29.8 Å².